The minimum absolute atomic E-state index is 0.0137. The van der Waals surface area contributed by atoms with Crippen molar-refractivity contribution in [3.63, 3.8) is 0 Å². The topological polar surface area (TPSA) is 630 Å². The normalized spacial score (nSPS) is 15.8. The zero-order valence-corrected chi connectivity index (χ0v) is 46.0. The first-order valence-electron chi connectivity index (χ1n) is 25.1. The number of hydrogen-bond acceptors (Lipinski definition) is 25. The Hall–Kier alpha value is -9.31. The van der Waals surface area contributed by atoms with E-state index in [0.717, 1.165) is 13.8 Å². The molecule has 0 heterocycles. The maximum Gasteiger partial charge on any atom is 0.305 e. The van der Waals surface area contributed by atoms with Crippen LogP contribution in [0.25, 0.3) is 0 Å². The van der Waals surface area contributed by atoms with E-state index in [-0.39, 0.29) is 50.5 Å². The Bertz CT molecular complexity index is 2400. The van der Waals surface area contributed by atoms with Crippen molar-refractivity contribution < 1.29 is 96.5 Å². The van der Waals surface area contributed by atoms with Crippen LogP contribution >= 0.6 is 0 Å². The molecule has 0 saturated heterocycles. The van der Waals surface area contributed by atoms with Gasteiger partial charge in [-0.05, 0) is 47.5 Å². The summed E-state index contributed by atoms with van der Waals surface area (Å²) in [5.74, 6) is -16.2. The van der Waals surface area contributed by atoms with Crippen LogP contribution in [0.1, 0.15) is 66.7 Å². The van der Waals surface area contributed by atoms with Crippen LogP contribution in [0.15, 0.2) is 0 Å². The number of rotatable bonds is 45. The predicted molar refractivity (Wildman–Crippen MR) is 283 cm³/mol. The molecule has 14 atom stereocenters. The molecule has 0 radical (unpaired) electrons. The summed E-state index contributed by atoms with van der Waals surface area (Å²) in [6.07, 6.45) is -12.5. The lowest BCUT2D eigenvalue weighted by Crippen LogP contribution is -2.68. The molecule has 0 aliphatic rings. The molecule has 0 aromatic heterocycles. The minimum atomic E-state index is -2.37. The molecule has 0 bridgehead atoms. The Morgan fingerprint density at radius 3 is 1.15 bits per heavy atom. The average Bonchev–Trinajstić information content (AvgIpc) is 3.61. The van der Waals surface area contributed by atoms with Crippen molar-refractivity contribution in [3.8, 4) is 0 Å². The first-order valence-corrected chi connectivity index (χ1v) is 25.1. The zero-order chi connectivity index (χ0) is 64.4. The molecule has 0 rings (SSSR count). The van der Waals surface area contributed by atoms with Gasteiger partial charge in [0.1, 0.15) is 55.8 Å². The van der Waals surface area contributed by atoms with Crippen LogP contribution in [-0.2, 0) is 86.3 Å². The number of primary amides is 2. The third-order valence-corrected chi connectivity index (χ3v) is 10.9. The van der Waals surface area contributed by atoms with Crippen LogP contribution < -0.4 is 97.0 Å². The Labute approximate surface area is 477 Å². The summed E-state index contributed by atoms with van der Waals surface area (Å²) in [7, 11) is 0. The second kappa shape index (κ2) is 39.2. The first kappa shape index (κ1) is 74.7. The Morgan fingerprint density at radius 1 is 0.429 bits per heavy atom. The lowest BCUT2D eigenvalue weighted by atomic mass is 10.1. The summed E-state index contributed by atoms with van der Waals surface area (Å²) in [6, 6.07) is -12.9. The van der Waals surface area contributed by atoms with Gasteiger partial charge in [0.05, 0.1) is 55.6 Å². The number of aldehydes is 6. The summed E-state index contributed by atoms with van der Waals surface area (Å²) in [5, 5.41) is 59.7. The minimum Gasteiger partial charge on any atom is -0.481 e. The van der Waals surface area contributed by atoms with Gasteiger partial charge in [-0.2, -0.15) is 0 Å². The maximum absolute atomic E-state index is 14.1. The summed E-state index contributed by atoms with van der Waals surface area (Å²) in [5.41, 5.74) is 15.9. The number of carbonyl (C=O) groups excluding carboxylic acids is 16. The number of nitrogens with two attached hydrogens (primary N) is 3. The molecule has 84 heavy (non-hydrogen) atoms. The SMILES string of the molecule is C[C@H](NC(=O)[C@@H](NC(=O)[C@@H](NC(=O)C(NCC=O)NC(=O)[C@H](C)NC(=O)[C@H](C)NC(=O)[C@@H](C)N[C@@H](C)C=O)N[C@@H](C=O)CC(=O)O)N[C@@H](C=O)CC(=O)O)C(=O)N[C@@H](N[C@@H](C=O)CC(N)=O)C(=O)N[C@@H](N[C@@H](C=O)CCCNC(=N)N)C(N)=O. The van der Waals surface area contributed by atoms with Crippen LogP contribution in [-0.4, -0.2) is 223 Å². The van der Waals surface area contributed by atoms with Crippen LogP contribution in [0.3, 0.4) is 0 Å². The average molecular weight is 1200 g/mol. The maximum atomic E-state index is 14.1. The Morgan fingerprint density at radius 2 is 0.774 bits per heavy atom. The highest BCUT2D eigenvalue weighted by Crippen LogP contribution is 2.01. The molecular weight excluding hydrogens is 1130 g/mol. The molecule has 0 saturated carbocycles. The standard InChI is InChI=1S/C45H73N19O20/c1-19(14-66)52-20(2)37(77)53-21(3)38(78)54-22(4)39(79)61-33(50-9-10-65)41(81)63-36(59-27(18-70)13-30(74)75)44(84)64-34(58-26(17-69)12-29(72)73)42(82)55-23(5)40(80)62-35(57-25(16-68)11-28(46)71)43(83)60-32(31(47)76)56-24(15-67)7-6-8-51-45(48)49/h10,14-27,32-36,50,52,56-59H,6-9,11-13H2,1-5H3,(H2,46,71)(H2,47,76)(H,53,77)(H,54,78)(H,55,82)(H,60,83)(H,61,79)(H,62,80)(H,63,81)(H,64,84)(H,72,73)(H,74,75)(H4,48,49,51)/t19-,20+,21-,22-,23-,24+,25+,26+,27+,32+,33?,34+,35+,36+/m0/s1. The van der Waals surface area contributed by atoms with Gasteiger partial charge in [-0.15, -0.1) is 0 Å². The summed E-state index contributed by atoms with van der Waals surface area (Å²) in [6.45, 7) is 5.59. The third-order valence-electron chi connectivity index (χ3n) is 10.9. The first-order chi connectivity index (χ1) is 39.4. The van der Waals surface area contributed by atoms with Crippen molar-refractivity contribution >= 4 is 115 Å². The molecule has 0 aliphatic carbocycles. The number of amides is 10. The fourth-order valence-electron chi connectivity index (χ4n) is 6.63. The molecule has 1 unspecified atom stereocenters. The number of carbonyl (C=O) groups is 18. The van der Waals surface area contributed by atoms with E-state index in [2.05, 4.69) is 69.1 Å². The van der Waals surface area contributed by atoms with E-state index in [1.807, 2.05) is 10.6 Å². The van der Waals surface area contributed by atoms with E-state index in [1.165, 1.54) is 20.8 Å². The predicted octanol–water partition coefficient (Wildman–Crippen LogP) is -12.7. The van der Waals surface area contributed by atoms with Gasteiger partial charge < -0.3 is 104 Å². The summed E-state index contributed by atoms with van der Waals surface area (Å²) >= 11 is 0. The second-order valence-electron chi connectivity index (χ2n) is 18.2. The summed E-state index contributed by atoms with van der Waals surface area (Å²) in [4.78, 5) is 226. The molecule has 468 valence electrons. The molecule has 39 nitrogen and oxygen atoms in total. The number of hydrogen-bond donors (Lipinski definition) is 21. The van der Waals surface area contributed by atoms with Gasteiger partial charge in [-0.25, -0.2) is 0 Å². The van der Waals surface area contributed by atoms with Gasteiger partial charge in [-0.3, -0.25) is 94.8 Å². The molecule has 0 aromatic rings. The number of carboxylic acid groups (broad SMARTS) is 2. The fraction of sp³-hybridized carbons (Fsp3) is 0.578. The largest absolute Gasteiger partial charge is 0.481 e. The van der Waals surface area contributed by atoms with E-state index < -0.39 is 182 Å². The lowest BCUT2D eigenvalue weighted by molar-refractivity contribution is -0.140. The van der Waals surface area contributed by atoms with E-state index in [4.69, 9.17) is 22.6 Å². The fourth-order valence-corrected chi connectivity index (χ4v) is 6.63. The van der Waals surface area contributed by atoms with Gasteiger partial charge in [0.2, 0.25) is 29.5 Å². The van der Waals surface area contributed by atoms with Crippen LogP contribution in [0.4, 0.5) is 0 Å². The lowest BCUT2D eigenvalue weighted by Gasteiger charge is -2.29. The smallest absolute Gasteiger partial charge is 0.305 e. The van der Waals surface area contributed by atoms with Crippen LogP contribution in [0, 0.1) is 5.41 Å². The van der Waals surface area contributed by atoms with Crippen LogP contribution in [0.2, 0.25) is 0 Å². The van der Waals surface area contributed by atoms with Gasteiger partial charge in [0.25, 0.3) is 29.5 Å². The van der Waals surface area contributed by atoms with Gasteiger partial charge in [-0.1, -0.05) is 0 Å². The zero-order valence-electron chi connectivity index (χ0n) is 46.0. The number of carboxylic acids is 2. The molecule has 0 spiro atoms. The molecule has 0 fully saturated rings. The Kier molecular flexibility index (Phi) is 34.8. The van der Waals surface area contributed by atoms with Crippen molar-refractivity contribution in [2.75, 3.05) is 13.1 Å². The van der Waals surface area contributed by atoms with Crippen molar-refractivity contribution in [2.24, 2.45) is 17.2 Å². The second-order valence-corrected chi connectivity index (χ2v) is 18.2. The highest BCUT2D eigenvalue weighted by molar-refractivity contribution is 5.98. The highest BCUT2D eigenvalue weighted by Gasteiger charge is 2.36. The molecular formula is C45H73N19O20. The monoisotopic (exact) mass is 1200 g/mol. The van der Waals surface area contributed by atoms with E-state index in [1.54, 1.807) is 0 Å². The number of guanidine groups is 1. The van der Waals surface area contributed by atoms with Gasteiger partial charge in [0, 0.05) is 13.0 Å². The van der Waals surface area contributed by atoms with Crippen molar-refractivity contribution in [3.05, 3.63) is 0 Å². The third kappa shape index (κ3) is 29.9. The summed E-state index contributed by atoms with van der Waals surface area (Å²) < 4.78 is 0. The van der Waals surface area contributed by atoms with Gasteiger partial charge >= 0.3 is 11.9 Å². The van der Waals surface area contributed by atoms with E-state index >= 15 is 0 Å². The highest BCUT2D eigenvalue weighted by atomic mass is 16.4. The van der Waals surface area contributed by atoms with Crippen LogP contribution in [0.5, 0.6) is 0 Å². The number of aliphatic carboxylic acids is 2. The van der Waals surface area contributed by atoms with E-state index in [9.17, 15) is 96.5 Å². The van der Waals surface area contributed by atoms with Crippen molar-refractivity contribution in [1.82, 2.24) is 79.8 Å². The molecule has 0 aromatic carbocycles. The molecule has 24 N–H and O–H groups in total. The quantitative estimate of drug-likeness (QED) is 0.00885. The van der Waals surface area contributed by atoms with Gasteiger partial charge in [0.15, 0.2) is 36.8 Å². The molecule has 39 heteroatoms. The number of nitrogens with one attached hydrogen (secondary N) is 16. The van der Waals surface area contributed by atoms with Crippen molar-refractivity contribution in [2.45, 2.75) is 152 Å². The molecule has 0 aliphatic heterocycles. The van der Waals surface area contributed by atoms with Crippen molar-refractivity contribution in [1.29, 1.82) is 5.41 Å². The molecule has 10 amide bonds. The Balaban J connectivity index is 7.01. The van der Waals surface area contributed by atoms with E-state index in [0.29, 0.717) is 12.6 Å².